The number of fused-ring (bicyclic) bond motifs is 4. The lowest BCUT2D eigenvalue weighted by atomic mass is 9.87. The highest BCUT2D eigenvalue weighted by molar-refractivity contribution is 5.12. The van der Waals surface area contributed by atoms with Crippen LogP contribution in [0.25, 0.3) is 0 Å². The van der Waals surface area contributed by atoms with E-state index in [0.29, 0.717) is 0 Å². The maximum Gasteiger partial charge on any atom is 0.382 e. The van der Waals surface area contributed by atoms with Crippen LogP contribution in [-0.2, 0) is 47.4 Å². The number of rotatable bonds is 4. The molecular formula is C24H37NO13. The van der Waals surface area contributed by atoms with Gasteiger partial charge in [0, 0.05) is 0 Å². The molecule has 11 atom stereocenters. The number of nitro groups is 1. The van der Waals surface area contributed by atoms with Gasteiger partial charge in [0.05, 0.1) is 11.5 Å². The Kier molecular flexibility index (Phi) is 5.90. The minimum atomic E-state index is -2.49. The van der Waals surface area contributed by atoms with E-state index in [1.165, 1.54) is 0 Å². The topological polar surface area (TPSA) is 156 Å². The maximum absolute atomic E-state index is 12.9. The molecule has 38 heavy (non-hydrogen) atoms. The van der Waals surface area contributed by atoms with Gasteiger partial charge in [-0.25, -0.2) is 0 Å². The third-order valence-corrected chi connectivity index (χ3v) is 7.79. The summed E-state index contributed by atoms with van der Waals surface area (Å²) in [7, 11) is 0. The first-order chi connectivity index (χ1) is 17.4. The number of aliphatic hydroxyl groups excluding tert-OH is 1. The second-order valence-corrected chi connectivity index (χ2v) is 12.6. The van der Waals surface area contributed by atoms with Crippen LogP contribution in [-0.4, -0.2) is 107 Å². The van der Waals surface area contributed by atoms with Gasteiger partial charge >= 0.3 is 5.72 Å². The second kappa shape index (κ2) is 8.26. The van der Waals surface area contributed by atoms with Gasteiger partial charge in [0.15, 0.2) is 41.6 Å². The molecule has 6 aliphatic rings. The average molecular weight is 548 g/mol. The van der Waals surface area contributed by atoms with Crippen molar-refractivity contribution in [2.24, 2.45) is 0 Å². The zero-order valence-corrected chi connectivity index (χ0v) is 22.8. The quantitative estimate of drug-likeness (QED) is 0.390. The van der Waals surface area contributed by atoms with Gasteiger partial charge in [-0.15, -0.1) is 0 Å². The van der Waals surface area contributed by atoms with Gasteiger partial charge in [-0.3, -0.25) is 10.1 Å². The first-order valence-corrected chi connectivity index (χ1v) is 13.0. The molecule has 14 heteroatoms. The van der Waals surface area contributed by atoms with Crippen molar-refractivity contribution < 1.29 is 57.4 Å². The van der Waals surface area contributed by atoms with Crippen molar-refractivity contribution in [3.63, 3.8) is 0 Å². The normalized spacial score (nSPS) is 50.4. The summed E-state index contributed by atoms with van der Waals surface area (Å²) >= 11 is 0. The summed E-state index contributed by atoms with van der Waals surface area (Å²) in [5.41, 5.74) is -2.49. The first-order valence-electron chi connectivity index (χ1n) is 13.0. The summed E-state index contributed by atoms with van der Waals surface area (Å²) in [4.78, 5) is 12.3. The molecule has 6 aliphatic heterocycles. The molecule has 0 aliphatic carbocycles. The number of aliphatic hydroxyl groups is 1. The van der Waals surface area contributed by atoms with E-state index in [2.05, 4.69) is 0 Å². The fraction of sp³-hybridized carbons (Fsp3) is 1.00. The van der Waals surface area contributed by atoms with Crippen LogP contribution >= 0.6 is 0 Å². The van der Waals surface area contributed by atoms with Crippen molar-refractivity contribution in [1.29, 1.82) is 0 Å². The number of ether oxygens (including phenoxy) is 10. The summed E-state index contributed by atoms with van der Waals surface area (Å²) in [6.07, 6.45) is -10.4. The Balaban J connectivity index is 1.37. The van der Waals surface area contributed by atoms with Crippen LogP contribution < -0.4 is 0 Å². The molecule has 0 aromatic rings. The van der Waals surface area contributed by atoms with Gasteiger partial charge in [0.25, 0.3) is 0 Å². The fourth-order valence-electron chi connectivity index (χ4n) is 6.49. The molecule has 6 fully saturated rings. The number of hydrogen-bond acceptors (Lipinski definition) is 13. The van der Waals surface area contributed by atoms with Crippen molar-refractivity contribution in [2.75, 3.05) is 6.61 Å². The number of nitrogens with zero attached hydrogens (tertiary/aromatic N) is 1. The minimum absolute atomic E-state index is 0.119. The van der Waals surface area contributed by atoms with E-state index in [4.69, 9.17) is 47.4 Å². The molecule has 0 amide bonds. The smallest absolute Gasteiger partial charge is 0.381 e. The minimum Gasteiger partial charge on any atom is -0.381 e. The van der Waals surface area contributed by atoms with Gasteiger partial charge in [-0.2, -0.15) is 0 Å². The van der Waals surface area contributed by atoms with E-state index >= 15 is 0 Å². The summed E-state index contributed by atoms with van der Waals surface area (Å²) in [6.45, 7) is 13.8. The van der Waals surface area contributed by atoms with Crippen molar-refractivity contribution in [1.82, 2.24) is 0 Å². The predicted molar refractivity (Wildman–Crippen MR) is 122 cm³/mol. The Bertz CT molecular complexity index is 986. The fourth-order valence-corrected chi connectivity index (χ4v) is 6.49. The van der Waals surface area contributed by atoms with Crippen molar-refractivity contribution >= 4 is 0 Å². The first kappa shape index (κ1) is 27.1. The van der Waals surface area contributed by atoms with Gasteiger partial charge in [0.2, 0.25) is 0 Å². The van der Waals surface area contributed by atoms with E-state index in [1.807, 2.05) is 0 Å². The molecule has 0 aromatic carbocycles. The highest BCUT2D eigenvalue weighted by Crippen LogP contribution is 2.52. The lowest BCUT2D eigenvalue weighted by molar-refractivity contribution is -0.654. The molecule has 216 valence electrons. The molecule has 0 radical (unpaired) electrons. The van der Waals surface area contributed by atoms with E-state index in [1.54, 1.807) is 55.4 Å². The standard InChI is InChI=1S/C24H37NO13/c1-20(2)29-9-10(31-20)11-15-18(37-22(5,6)34-15)24(36-11,25(27)28)17(26)14-12-13(33-21(3,4)32-12)16-19(30-14)38-23(7,8)35-16/h10-19,26H,9H2,1-8H3. The Morgan fingerprint density at radius 3 is 1.92 bits per heavy atom. The zero-order valence-electron chi connectivity index (χ0n) is 22.8. The summed E-state index contributed by atoms with van der Waals surface area (Å²) < 4.78 is 60.3. The number of hydrogen-bond donors (Lipinski definition) is 1. The summed E-state index contributed by atoms with van der Waals surface area (Å²) in [5, 5.41) is 24.8. The molecular weight excluding hydrogens is 510 g/mol. The van der Waals surface area contributed by atoms with Crippen molar-refractivity contribution in [3.05, 3.63) is 10.1 Å². The zero-order chi connectivity index (χ0) is 27.6. The molecule has 1 N–H and O–H groups in total. The van der Waals surface area contributed by atoms with Crippen LogP contribution in [0.5, 0.6) is 0 Å². The third-order valence-electron chi connectivity index (χ3n) is 7.79. The third kappa shape index (κ3) is 4.12. The lowest BCUT2D eigenvalue weighted by Crippen LogP contribution is -2.68. The lowest BCUT2D eigenvalue weighted by Gasteiger charge is -2.42. The van der Waals surface area contributed by atoms with Gasteiger partial charge in [-0.1, -0.05) is 0 Å². The Hall–Kier alpha value is -1.04. The predicted octanol–water partition coefficient (Wildman–Crippen LogP) is 0.787. The highest BCUT2D eigenvalue weighted by Gasteiger charge is 2.78. The average Bonchev–Trinajstić information content (AvgIpc) is 3.52. The van der Waals surface area contributed by atoms with Crippen molar-refractivity contribution in [2.45, 2.75) is 145 Å². The maximum atomic E-state index is 12.9. The molecule has 11 unspecified atom stereocenters. The molecule has 6 rings (SSSR count). The van der Waals surface area contributed by atoms with Crippen molar-refractivity contribution in [3.8, 4) is 0 Å². The van der Waals surface area contributed by atoms with Crippen LogP contribution in [0.4, 0.5) is 0 Å². The van der Waals surface area contributed by atoms with Gasteiger partial charge < -0.3 is 52.5 Å². The van der Waals surface area contributed by atoms with E-state index in [-0.39, 0.29) is 6.61 Å². The molecule has 0 saturated carbocycles. The molecule has 6 saturated heterocycles. The summed E-state index contributed by atoms with van der Waals surface area (Å²) in [6, 6.07) is 0. The van der Waals surface area contributed by atoms with E-state index in [0.717, 1.165) is 0 Å². The van der Waals surface area contributed by atoms with Crippen LogP contribution in [0.2, 0.25) is 0 Å². The van der Waals surface area contributed by atoms with Crippen LogP contribution in [0.15, 0.2) is 0 Å². The van der Waals surface area contributed by atoms with E-state index < -0.39 is 95.0 Å². The molecule has 14 nitrogen and oxygen atoms in total. The molecule has 0 bridgehead atoms. The molecule has 0 aromatic heterocycles. The van der Waals surface area contributed by atoms with Gasteiger partial charge in [-0.05, 0) is 55.4 Å². The Morgan fingerprint density at radius 1 is 0.711 bits per heavy atom. The largest absolute Gasteiger partial charge is 0.382 e. The summed E-state index contributed by atoms with van der Waals surface area (Å²) in [5.74, 6) is -4.18. The van der Waals surface area contributed by atoms with Gasteiger partial charge in [0.1, 0.15) is 42.7 Å². The Morgan fingerprint density at radius 2 is 1.29 bits per heavy atom. The second-order valence-electron chi connectivity index (χ2n) is 12.6. The van der Waals surface area contributed by atoms with Crippen LogP contribution in [0.3, 0.4) is 0 Å². The monoisotopic (exact) mass is 547 g/mol. The highest BCUT2D eigenvalue weighted by atomic mass is 16.9. The Labute approximate surface area is 220 Å². The van der Waals surface area contributed by atoms with Crippen LogP contribution in [0, 0.1) is 10.1 Å². The van der Waals surface area contributed by atoms with Crippen LogP contribution in [0.1, 0.15) is 55.4 Å². The van der Waals surface area contributed by atoms with E-state index in [9.17, 15) is 15.2 Å². The molecule has 6 heterocycles. The SMILES string of the molecule is CC1(C)OCC(C2OC(C(O)C3OC4OC(C)(C)OC4C4OC(C)(C)OC43)([N+](=O)[O-])C3OC(C)(C)OC23)O1. The molecule has 0 spiro atoms.